The molecule has 1 aliphatic rings. The van der Waals surface area contributed by atoms with E-state index >= 15 is 0 Å². The Morgan fingerprint density at radius 2 is 1.81 bits per heavy atom. The van der Waals surface area contributed by atoms with E-state index in [9.17, 15) is 14.4 Å². The van der Waals surface area contributed by atoms with Crippen LogP contribution in [0.2, 0.25) is 0 Å². The largest absolute Gasteiger partial charge is 0.352 e. The van der Waals surface area contributed by atoms with E-state index in [2.05, 4.69) is 16.0 Å². The Balaban J connectivity index is 1.79. The van der Waals surface area contributed by atoms with Crippen molar-refractivity contribution in [2.45, 2.75) is 65.1 Å². The highest BCUT2D eigenvalue weighted by Gasteiger charge is 2.19. The lowest BCUT2D eigenvalue weighted by atomic mass is 10.1. The minimum absolute atomic E-state index is 0.0788. The van der Waals surface area contributed by atoms with E-state index in [1.807, 2.05) is 43.0 Å². The standard InChI is InChI=1S/C20H30N4O3/c1-4-14(2)22-19(26)15(3)23-20(27)21-13-16-8-10-17(11-9-16)24-12-6-5-7-18(24)25/h8-11,14-15H,4-7,12-13H2,1-3H3,(H,22,26)(H2,21,23,27)/t14-,15+/m0/s1. The van der Waals surface area contributed by atoms with Crippen LogP contribution < -0.4 is 20.9 Å². The SMILES string of the molecule is CC[C@H](C)NC(=O)[C@@H](C)NC(=O)NCc1ccc(N2CCCCC2=O)cc1. The summed E-state index contributed by atoms with van der Waals surface area (Å²) in [7, 11) is 0. The third kappa shape index (κ3) is 6.27. The van der Waals surface area contributed by atoms with Gasteiger partial charge in [0.15, 0.2) is 0 Å². The molecule has 0 spiro atoms. The van der Waals surface area contributed by atoms with Crippen molar-refractivity contribution in [3.8, 4) is 0 Å². The molecule has 27 heavy (non-hydrogen) atoms. The summed E-state index contributed by atoms with van der Waals surface area (Å²) in [5, 5.41) is 8.22. The lowest BCUT2D eigenvalue weighted by Gasteiger charge is -2.26. The Kier molecular flexibility index (Phi) is 7.64. The van der Waals surface area contributed by atoms with Crippen molar-refractivity contribution in [3.63, 3.8) is 0 Å². The van der Waals surface area contributed by atoms with Gasteiger partial charge in [-0.2, -0.15) is 0 Å². The zero-order valence-corrected chi connectivity index (χ0v) is 16.4. The quantitative estimate of drug-likeness (QED) is 0.684. The molecule has 1 fully saturated rings. The molecule has 7 heteroatoms. The van der Waals surface area contributed by atoms with E-state index in [1.54, 1.807) is 6.92 Å². The summed E-state index contributed by atoms with van der Waals surface area (Å²) >= 11 is 0. The maximum absolute atomic E-state index is 12.0. The van der Waals surface area contributed by atoms with Crippen LogP contribution >= 0.6 is 0 Å². The predicted molar refractivity (Wildman–Crippen MR) is 105 cm³/mol. The summed E-state index contributed by atoms with van der Waals surface area (Å²) in [5.41, 5.74) is 1.82. The fourth-order valence-corrected chi connectivity index (χ4v) is 2.84. The molecule has 1 aromatic carbocycles. The van der Waals surface area contributed by atoms with Gasteiger partial charge in [0.25, 0.3) is 0 Å². The van der Waals surface area contributed by atoms with Gasteiger partial charge in [-0.3, -0.25) is 9.59 Å². The van der Waals surface area contributed by atoms with Gasteiger partial charge in [-0.15, -0.1) is 0 Å². The molecule has 1 aromatic rings. The summed E-state index contributed by atoms with van der Waals surface area (Å²) in [6, 6.07) is 6.69. The van der Waals surface area contributed by atoms with Crippen LogP contribution in [0.1, 0.15) is 52.0 Å². The third-order valence-electron chi connectivity index (χ3n) is 4.77. The van der Waals surface area contributed by atoms with Gasteiger partial charge in [0.2, 0.25) is 11.8 Å². The first-order valence-corrected chi connectivity index (χ1v) is 9.64. The number of rotatable bonds is 7. The van der Waals surface area contributed by atoms with Crippen LogP contribution in [0.25, 0.3) is 0 Å². The van der Waals surface area contributed by atoms with Crippen molar-refractivity contribution in [1.29, 1.82) is 0 Å². The Bertz CT molecular complexity index is 660. The normalized spacial score (nSPS) is 16.4. The van der Waals surface area contributed by atoms with E-state index in [0.29, 0.717) is 13.0 Å². The Labute approximate surface area is 160 Å². The number of hydrogen-bond acceptors (Lipinski definition) is 3. The van der Waals surface area contributed by atoms with Gasteiger partial charge in [-0.05, 0) is 50.8 Å². The molecule has 7 nitrogen and oxygen atoms in total. The molecule has 0 unspecified atom stereocenters. The van der Waals surface area contributed by atoms with Crippen LogP contribution in [0.4, 0.5) is 10.5 Å². The zero-order chi connectivity index (χ0) is 19.8. The zero-order valence-electron chi connectivity index (χ0n) is 16.4. The van der Waals surface area contributed by atoms with Crippen molar-refractivity contribution in [2.75, 3.05) is 11.4 Å². The monoisotopic (exact) mass is 374 g/mol. The Hall–Kier alpha value is -2.57. The average Bonchev–Trinajstić information content (AvgIpc) is 2.67. The maximum atomic E-state index is 12.0. The first-order valence-electron chi connectivity index (χ1n) is 9.64. The fourth-order valence-electron chi connectivity index (χ4n) is 2.84. The van der Waals surface area contributed by atoms with Gasteiger partial charge in [0, 0.05) is 31.2 Å². The molecule has 0 saturated carbocycles. The van der Waals surface area contributed by atoms with Crippen molar-refractivity contribution >= 4 is 23.5 Å². The average molecular weight is 374 g/mol. The van der Waals surface area contributed by atoms with Gasteiger partial charge in [0.1, 0.15) is 6.04 Å². The summed E-state index contributed by atoms with van der Waals surface area (Å²) < 4.78 is 0. The predicted octanol–water partition coefficient (Wildman–Crippen LogP) is 2.31. The molecule has 148 valence electrons. The summed E-state index contributed by atoms with van der Waals surface area (Å²) in [4.78, 5) is 37.7. The first-order chi connectivity index (χ1) is 12.9. The number of carbonyl (C=O) groups is 3. The molecule has 1 aliphatic heterocycles. The molecule has 0 radical (unpaired) electrons. The summed E-state index contributed by atoms with van der Waals surface area (Å²) in [6.45, 7) is 6.67. The first kappa shape index (κ1) is 20.7. The molecule has 0 aromatic heterocycles. The fraction of sp³-hybridized carbons (Fsp3) is 0.550. The Morgan fingerprint density at radius 3 is 2.44 bits per heavy atom. The molecule has 2 atom stereocenters. The smallest absolute Gasteiger partial charge is 0.315 e. The van der Waals surface area contributed by atoms with E-state index in [-0.39, 0.29) is 17.9 Å². The molecule has 1 heterocycles. The number of anilines is 1. The second kappa shape index (κ2) is 9.94. The second-order valence-electron chi connectivity index (χ2n) is 7.04. The van der Waals surface area contributed by atoms with Gasteiger partial charge >= 0.3 is 6.03 Å². The number of carbonyl (C=O) groups excluding carboxylic acids is 3. The molecule has 3 N–H and O–H groups in total. The molecule has 2 rings (SSSR count). The Morgan fingerprint density at radius 1 is 1.11 bits per heavy atom. The van der Waals surface area contributed by atoms with Crippen LogP contribution in [0.15, 0.2) is 24.3 Å². The lowest BCUT2D eigenvalue weighted by Crippen LogP contribution is -2.49. The van der Waals surface area contributed by atoms with Gasteiger partial charge in [-0.1, -0.05) is 19.1 Å². The molecule has 4 amide bonds. The lowest BCUT2D eigenvalue weighted by molar-refractivity contribution is -0.123. The van der Waals surface area contributed by atoms with Crippen LogP contribution in [-0.2, 0) is 16.1 Å². The van der Waals surface area contributed by atoms with Crippen molar-refractivity contribution in [3.05, 3.63) is 29.8 Å². The summed E-state index contributed by atoms with van der Waals surface area (Å²) in [6.07, 6.45) is 3.42. The number of urea groups is 1. The number of hydrogen-bond donors (Lipinski definition) is 3. The van der Waals surface area contributed by atoms with Gasteiger partial charge in [0.05, 0.1) is 0 Å². The van der Waals surface area contributed by atoms with Crippen LogP contribution in [0.3, 0.4) is 0 Å². The van der Waals surface area contributed by atoms with Crippen molar-refractivity contribution in [1.82, 2.24) is 16.0 Å². The number of nitrogens with zero attached hydrogens (tertiary/aromatic N) is 1. The van der Waals surface area contributed by atoms with E-state index in [4.69, 9.17) is 0 Å². The van der Waals surface area contributed by atoms with Gasteiger partial charge in [-0.25, -0.2) is 4.79 Å². The highest BCUT2D eigenvalue weighted by atomic mass is 16.2. The number of nitrogens with one attached hydrogen (secondary N) is 3. The second-order valence-corrected chi connectivity index (χ2v) is 7.04. The molecular weight excluding hydrogens is 344 g/mol. The summed E-state index contributed by atoms with van der Waals surface area (Å²) in [5.74, 6) is -0.0359. The molecule has 1 saturated heterocycles. The number of piperidine rings is 1. The number of amides is 4. The minimum atomic E-state index is -0.605. The molecule has 0 aliphatic carbocycles. The minimum Gasteiger partial charge on any atom is -0.352 e. The van der Waals surface area contributed by atoms with Crippen molar-refractivity contribution < 1.29 is 14.4 Å². The highest BCUT2D eigenvalue weighted by Crippen LogP contribution is 2.21. The van der Waals surface area contributed by atoms with E-state index < -0.39 is 12.1 Å². The van der Waals surface area contributed by atoms with Crippen LogP contribution in [0, 0.1) is 0 Å². The molecule has 0 bridgehead atoms. The van der Waals surface area contributed by atoms with Gasteiger partial charge < -0.3 is 20.9 Å². The van der Waals surface area contributed by atoms with Crippen LogP contribution in [-0.4, -0.2) is 36.5 Å². The third-order valence-corrected chi connectivity index (χ3v) is 4.77. The highest BCUT2D eigenvalue weighted by molar-refractivity contribution is 5.94. The van der Waals surface area contributed by atoms with Crippen molar-refractivity contribution in [2.24, 2.45) is 0 Å². The van der Waals surface area contributed by atoms with E-state index in [1.165, 1.54) is 0 Å². The maximum Gasteiger partial charge on any atom is 0.315 e. The van der Waals surface area contributed by atoms with Crippen LogP contribution in [0.5, 0.6) is 0 Å². The van der Waals surface area contributed by atoms with E-state index in [0.717, 1.165) is 37.1 Å². The number of benzene rings is 1. The topological polar surface area (TPSA) is 90.5 Å². The molecular formula is C20H30N4O3.